The zero-order valence-corrected chi connectivity index (χ0v) is 9.94. The molecule has 2 aromatic carbocycles. The van der Waals surface area contributed by atoms with Crippen molar-refractivity contribution in [3.8, 4) is 11.5 Å². The van der Waals surface area contributed by atoms with Crippen LogP contribution in [-0.2, 0) is 0 Å². The van der Waals surface area contributed by atoms with Crippen LogP contribution in [0, 0.1) is 13.8 Å². The third kappa shape index (κ3) is 2.72. The van der Waals surface area contributed by atoms with E-state index in [1.807, 2.05) is 50.2 Å². The fraction of sp³-hybridized carbons (Fsp3) is 0.133. The quantitative estimate of drug-likeness (QED) is 0.742. The van der Waals surface area contributed by atoms with Gasteiger partial charge in [0, 0.05) is 5.56 Å². The third-order valence-corrected chi connectivity index (χ3v) is 2.55. The molecule has 2 heteroatoms. The lowest BCUT2D eigenvalue weighted by Crippen LogP contribution is -1.89. The largest absolute Gasteiger partial charge is 0.457 e. The predicted octanol–water partition coefficient (Wildman–Crippen LogP) is 3.91. The maximum atomic E-state index is 10.6. The van der Waals surface area contributed by atoms with E-state index in [4.69, 9.17) is 4.74 Å². The molecule has 0 aromatic heterocycles. The van der Waals surface area contributed by atoms with E-state index in [0.29, 0.717) is 5.56 Å². The second kappa shape index (κ2) is 4.83. The highest BCUT2D eigenvalue weighted by Gasteiger charge is 2.02. The third-order valence-electron chi connectivity index (χ3n) is 2.55. The Kier molecular flexibility index (Phi) is 3.24. The maximum Gasteiger partial charge on any atom is 0.150 e. The average Bonchev–Trinajstić information content (AvgIpc) is 2.32. The molecule has 86 valence electrons. The van der Waals surface area contributed by atoms with Crippen molar-refractivity contribution in [3.63, 3.8) is 0 Å². The van der Waals surface area contributed by atoms with E-state index < -0.39 is 0 Å². The Morgan fingerprint density at radius 3 is 2.53 bits per heavy atom. The predicted molar refractivity (Wildman–Crippen MR) is 67.8 cm³/mol. The molecule has 0 heterocycles. The van der Waals surface area contributed by atoms with E-state index in [1.54, 1.807) is 6.07 Å². The van der Waals surface area contributed by atoms with Gasteiger partial charge >= 0.3 is 0 Å². The van der Waals surface area contributed by atoms with Crippen LogP contribution >= 0.6 is 0 Å². The normalized spacial score (nSPS) is 10.0. The van der Waals surface area contributed by atoms with Crippen molar-refractivity contribution < 1.29 is 9.53 Å². The van der Waals surface area contributed by atoms with Crippen LogP contribution in [-0.4, -0.2) is 6.29 Å². The molecule has 2 nitrogen and oxygen atoms in total. The van der Waals surface area contributed by atoms with Gasteiger partial charge in [0.2, 0.25) is 0 Å². The summed E-state index contributed by atoms with van der Waals surface area (Å²) in [4.78, 5) is 10.6. The SMILES string of the molecule is Cc1cccc(Oc2ccc(C=O)cc2C)c1. The van der Waals surface area contributed by atoms with Crippen LogP contribution in [0.15, 0.2) is 42.5 Å². The van der Waals surface area contributed by atoms with Crippen LogP contribution < -0.4 is 4.74 Å². The highest BCUT2D eigenvalue weighted by atomic mass is 16.5. The van der Waals surface area contributed by atoms with Gasteiger partial charge in [-0.05, 0) is 55.3 Å². The molecule has 0 saturated carbocycles. The molecule has 0 N–H and O–H groups in total. The smallest absolute Gasteiger partial charge is 0.150 e. The van der Waals surface area contributed by atoms with E-state index >= 15 is 0 Å². The molecule has 17 heavy (non-hydrogen) atoms. The second-order valence-electron chi connectivity index (χ2n) is 4.06. The molecule has 2 aromatic rings. The highest BCUT2D eigenvalue weighted by Crippen LogP contribution is 2.25. The number of aryl methyl sites for hydroxylation is 2. The van der Waals surface area contributed by atoms with E-state index in [9.17, 15) is 4.79 Å². The molecule has 0 aliphatic carbocycles. The molecule has 0 spiro atoms. The summed E-state index contributed by atoms with van der Waals surface area (Å²) in [6.45, 7) is 3.95. The molecule has 0 fully saturated rings. The van der Waals surface area contributed by atoms with Crippen LogP contribution in [0.5, 0.6) is 11.5 Å². The lowest BCUT2D eigenvalue weighted by molar-refractivity contribution is 0.112. The van der Waals surface area contributed by atoms with E-state index in [1.165, 1.54) is 0 Å². The van der Waals surface area contributed by atoms with Crippen molar-refractivity contribution >= 4 is 6.29 Å². The van der Waals surface area contributed by atoms with Crippen LogP contribution in [0.3, 0.4) is 0 Å². The Labute approximate surface area is 101 Å². The van der Waals surface area contributed by atoms with Crippen molar-refractivity contribution in [1.82, 2.24) is 0 Å². The summed E-state index contributed by atoms with van der Waals surface area (Å²) in [5.74, 6) is 1.59. The van der Waals surface area contributed by atoms with Gasteiger partial charge in [0.05, 0.1) is 0 Å². The maximum absolute atomic E-state index is 10.6. The van der Waals surface area contributed by atoms with Crippen molar-refractivity contribution in [2.24, 2.45) is 0 Å². The fourth-order valence-corrected chi connectivity index (χ4v) is 1.67. The molecule has 0 amide bonds. The first-order valence-electron chi connectivity index (χ1n) is 5.49. The number of rotatable bonds is 3. The first-order chi connectivity index (χ1) is 8.19. The van der Waals surface area contributed by atoms with Gasteiger partial charge in [0.15, 0.2) is 0 Å². The monoisotopic (exact) mass is 226 g/mol. The molecule has 0 unspecified atom stereocenters. The van der Waals surface area contributed by atoms with Crippen LogP contribution in [0.4, 0.5) is 0 Å². The number of carbonyl (C=O) groups excluding carboxylic acids is 1. The summed E-state index contributed by atoms with van der Waals surface area (Å²) in [6.07, 6.45) is 0.837. The molecular weight excluding hydrogens is 212 g/mol. The number of hydrogen-bond donors (Lipinski definition) is 0. The molecule has 0 saturated heterocycles. The minimum Gasteiger partial charge on any atom is -0.457 e. The highest BCUT2D eigenvalue weighted by molar-refractivity contribution is 5.75. The number of aldehydes is 1. The fourth-order valence-electron chi connectivity index (χ4n) is 1.67. The topological polar surface area (TPSA) is 26.3 Å². The number of hydrogen-bond acceptors (Lipinski definition) is 2. The molecular formula is C15H14O2. The van der Waals surface area contributed by atoms with E-state index in [2.05, 4.69) is 0 Å². The molecule has 0 atom stereocenters. The van der Waals surface area contributed by atoms with Gasteiger partial charge < -0.3 is 4.74 Å². The van der Waals surface area contributed by atoms with E-state index in [0.717, 1.165) is 28.9 Å². The van der Waals surface area contributed by atoms with Gasteiger partial charge in [0.1, 0.15) is 17.8 Å². The van der Waals surface area contributed by atoms with E-state index in [-0.39, 0.29) is 0 Å². The Hall–Kier alpha value is -2.09. The zero-order chi connectivity index (χ0) is 12.3. The lowest BCUT2D eigenvalue weighted by atomic mass is 10.1. The average molecular weight is 226 g/mol. The van der Waals surface area contributed by atoms with Crippen molar-refractivity contribution in [3.05, 3.63) is 59.2 Å². The molecule has 0 radical (unpaired) electrons. The first-order valence-corrected chi connectivity index (χ1v) is 5.49. The van der Waals surface area contributed by atoms with Crippen molar-refractivity contribution in [2.45, 2.75) is 13.8 Å². The standard InChI is InChI=1S/C15H14O2/c1-11-4-3-5-14(8-11)17-15-7-6-13(10-16)9-12(15)2/h3-10H,1-2H3. The summed E-state index contributed by atoms with van der Waals surface area (Å²) in [5, 5.41) is 0. The number of carbonyl (C=O) groups is 1. The summed E-state index contributed by atoms with van der Waals surface area (Å²) >= 11 is 0. The Bertz CT molecular complexity index is 544. The van der Waals surface area contributed by atoms with Gasteiger partial charge in [0.25, 0.3) is 0 Å². The van der Waals surface area contributed by atoms with Gasteiger partial charge in [-0.1, -0.05) is 12.1 Å². The van der Waals surface area contributed by atoms with Gasteiger partial charge in [-0.15, -0.1) is 0 Å². The summed E-state index contributed by atoms with van der Waals surface area (Å²) in [6, 6.07) is 13.3. The summed E-state index contributed by atoms with van der Waals surface area (Å²) in [7, 11) is 0. The lowest BCUT2D eigenvalue weighted by Gasteiger charge is -2.09. The van der Waals surface area contributed by atoms with Gasteiger partial charge in [-0.25, -0.2) is 0 Å². The van der Waals surface area contributed by atoms with Crippen molar-refractivity contribution in [1.29, 1.82) is 0 Å². The summed E-state index contributed by atoms with van der Waals surface area (Å²) in [5.41, 5.74) is 2.78. The van der Waals surface area contributed by atoms with Crippen LogP contribution in [0.2, 0.25) is 0 Å². The van der Waals surface area contributed by atoms with Gasteiger partial charge in [-0.2, -0.15) is 0 Å². The minimum absolute atomic E-state index is 0.666. The first kappa shape index (κ1) is 11.4. The molecule has 2 rings (SSSR count). The Balaban J connectivity index is 2.27. The number of benzene rings is 2. The molecule has 0 aliphatic rings. The zero-order valence-electron chi connectivity index (χ0n) is 9.94. The van der Waals surface area contributed by atoms with Crippen LogP contribution in [0.1, 0.15) is 21.5 Å². The number of ether oxygens (including phenoxy) is 1. The Morgan fingerprint density at radius 2 is 1.88 bits per heavy atom. The minimum atomic E-state index is 0.666. The molecule has 0 bridgehead atoms. The summed E-state index contributed by atoms with van der Waals surface area (Å²) < 4.78 is 5.77. The van der Waals surface area contributed by atoms with Crippen molar-refractivity contribution in [2.75, 3.05) is 0 Å². The second-order valence-corrected chi connectivity index (χ2v) is 4.06. The Morgan fingerprint density at radius 1 is 1.06 bits per heavy atom. The molecule has 0 aliphatic heterocycles. The van der Waals surface area contributed by atoms with Crippen LogP contribution in [0.25, 0.3) is 0 Å². The van der Waals surface area contributed by atoms with Gasteiger partial charge in [-0.3, -0.25) is 4.79 Å².